The molecule has 2 aromatic heterocycles. The number of nitrogens with two attached hydrogens (primary N) is 1. The van der Waals surface area contributed by atoms with Crippen LogP contribution >= 0.6 is 0 Å². The van der Waals surface area contributed by atoms with Crippen molar-refractivity contribution in [3.8, 4) is 5.88 Å². The molecule has 0 aliphatic rings. The van der Waals surface area contributed by atoms with Crippen LogP contribution in [0.2, 0.25) is 0 Å². The molecule has 3 rings (SSSR count). The number of ether oxygens (including phenoxy) is 1. The average Bonchev–Trinajstić information content (AvgIpc) is 2.89. The predicted octanol–water partition coefficient (Wildman–Crippen LogP) is 1.96. The summed E-state index contributed by atoms with van der Waals surface area (Å²) in [6.07, 6.45) is 1.51. The predicted molar refractivity (Wildman–Crippen MR) is 76.5 cm³/mol. The number of aromatic nitrogens is 4. The monoisotopic (exact) mass is 287 g/mol. The highest BCUT2D eigenvalue weighted by Crippen LogP contribution is 2.23. The summed E-state index contributed by atoms with van der Waals surface area (Å²) in [6, 6.07) is 9.67. The molecule has 0 aliphatic heterocycles. The Morgan fingerprint density at radius 1 is 1.19 bits per heavy atom. The minimum atomic E-state index is -0.506. The molecular weight excluding hydrogens is 273 g/mol. The quantitative estimate of drug-likeness (QED) is 0.776. The molecule has 2 N–H and O–H groups in total. The number of anilines is 1. The maximum absolute atomic E-state index is 12.6. The minimum absolute atomic E-state index is 0.0797. The Bertz CT molecular complexity index is 744. The second kappa shape index (κ2) is 5.74. The molecule has 0 saturated carbocycles. The second-order valence-electron chi connectivity index (χ2n) is 4.46. The number of aryl methyl sites for hydroxylation is 1. The van der Waals surface area contributed by atoms with Crippen LogP contribution < -0.4 is 10.5 Å². The van der Waals surface area contributed by atoms with Crippen LogP contribution in [0.15, 0.2) is 36.7 Å². The van der Waals surface area contributed by atoms with Gasteiger partial charge in [0.05, 0.1) is 12.9 Å². The normalized spacial score (nSPS) is 10.9. The standard InChI is InChI=1S/C14H14FN5O/c15-6-7-20-9-17-12-11(20)13(19-14(16)18-12)21-8-10-4-2-1-3-5-10/h1-5,9H,6-8H2,(H2,16,18,19). The molecule has 0 unspecified atom stereocenters. The summed E-state index contributed by atoms with van der Waals surface area (Å²) in [5, 5.41) is 0. The molecule has 3 aromatic rings. The summed E-state index contributed by atoms with van der Waals surface area (Å²) in [5.74, 6) is 0.392. The van der Waals surface area contributed by atoms with E-state index in [0.29, 0.717) is 23.7 Å². The lowest BCUT2D eigenvalue weighted by Crippen LogP contribution is -2.05. The lowest BCUT2D eigenvalue weighted by molar-refractivity contribution is 0.296. The smallest absolute Gasteiger partial charge is 0.245 e. The van der Waals surface area contributed by atoms with Gasteiger partial charge in [-0.1, -0.05) is 30.3 Å². The van der Waals surface area contributed by atoms with Crippen LogP contribution in [0.5, 0.6) is 5.88 Å². The molecule has 7 heteroatoms. The summed E-state index contributed by atoms with van der Waals surface area (Å²) < 4.78 is 19.9. The molecule has 108 valence electrons. The summed E-state index contributed by atoms with van der Waals surface area (Å²) in [4.78, 5) is 12.2. The van der Waals surface area contributed by atoms with E-state index < -0.39 is 6.67 Å². The Labute approximate surface area is 120 Å². The summed E-state index contributed by atoms with van der Waals surface area (Å²) in [7, 11) is 0. The molecular formula is C14H14FN5O. The van der Waals surface area contributed by atoms with Crippen LogP contribution in [0.3, 0.4) is 0 Å². The molecule has 2 heterocycles. The maximum Gasteiger partial charge on any atom is 0.245 e. The van der Waals surface area contributed by atoms with Gasteiger partial charge in [-0.2, -0.15) is 9.97 Å². The first-order valence-electron chi connectivity index (χ1n) is 6.49. The fourth-order valence-electron chi connectivity index (χ4n) is 2.05. The molecule has 6 nitrogen and oxygen atoms in total. The van der Waals surface area contributed by atoms with Crippen molar-refractivity contribution in [2.45, 2.75) is 13.2 Å². The van der Waals surface area contributed by atoms with Gasteiger partial charge in [0, 0.05) is 0 Å². The third-order valence-electron chi connectivity index (χ3n) is 3.00. The fourth-order valence-corrected chi connectivity index (χ4v) is 2.05. The van der Waals surface area contributed by atoms with Crippen LogP contribution in [0.25, 0.3) is 11.2 Å². The third kappa shape index (κ3) is 2.76. The van der Waals surface area contributed by atoms with Crippen molar-refractivity contribution in [1.82, 2.24) is 19.5 Å². The van der Waals surface area contributed by atoms with E-state index in [1.165, 1.54) is 6.33 Å². The van der Waals surface area contributed by atoms with Crippen LogP contribution in [0.4, 0.5) is 10.3 Å². The van der Waals surface area contributed by atoms with Crippen molar-refractivity contribution >= 4 is 17.1 Å². The Morgan fingerprint density at radius 2 is 2.00 bits per heavy atom. The van der Waals surface area contributed by atoms with Crippen molar-refractivity contribution in [2.24, 2.45) is 0 Å². The van der Waals surface area contributed by atoms with Gasteiger partial charge in [-0.3, -0.25) is 0 Å². The second-order valence-corrected chi connectivity index (χ2v) is 4.46. The van der Waals surface area contributed by atoms with Gasteiger partial charge in [0.1, 0.15) is 13.3 Å². The van der Waals surface area contributed by atoms with Gasteiger partial charge >= 0.3 is 0 Å². The van der Waals surface area contributed by atoms with E-state index in [2.05, 4.69) is 15.0 Å². The molecule has 0 bridgehead atoms. The highest BCUT2D eigenvalue weighted by atomic mass is 19.1. The Kier molecular flexibility index (Phi) is 3.63. The minimum Gasteiger partial charge on any atom is -0.471 e. The molecule has 1 aromatic carbocycles. The van der Waals surface area contributed by atoms with E-state index in [4.69, 9.17) is 10.5 Å². The SMILES string of the molecule is Nc1nc(OCc2ccccc2)c2c(ncn2CCF)n1. The lowest BCUT2D eigenvalue weighted by Gasteiger charge is -2.09. The number of nitrogen functional groups attached to an aromatic ring is 1. The summed E-state index contributed by atoms with van der Waals surface area (Å²) in [6.45, 7) is 0.00658. The maximum atomic E-state index is 12.6. The van der Waals surface area contributed by atoms with Gasteiger partial charge < -0.3 is 15.0 Å². The molecule has 0 aliphatic carbocycles. The van der Waals surface area contributed by atoms with E-state index >= 15 is 0 Å². The highest BCUT2D eigenvalue weighted by Gasteiger charge is 2.14. The highest BCUT2D eigenvalue weighted by molar-refractivity contribution is 5.77. The first-order chi connectivity index (χ1) is 10.3. The van der Waals surface area contributed by atoms with E-state index in [0.717, 1.165) is 5.56 Å². The zero-order valence-electron chi connectivity index (χ0n) is 11.2. The number of imidazole rings is 1. The first-order valence-corrected chi connectivity index (χ1v) is 6.49. The van der Waals surface area contributed by atoms with Crippen molar-refractivity contribution < 1.29 is 9.13 Å². The van der Waals surface area contributed by atoms with Gasteiger partial charge in [0.25, 0.3) is 0 Å². The van der Waals surface area contributed by atoms with E-state index in [1.54, 1.807) is 4.57 Å². The lowest BCUT2D eigenvalue weighted by atomic mass is 10.2. The Hall–Kier alpha value is -2.70. The molecule has 0 spiro atoms. The first kappa shape index (κ1) is 13.3. The summed E-state index contributed by atoms with van der Waals surface area (Å²) >= 11 is 0. The molecule has 0 radical (unpaired) electrons. The number of fused-ring (bicyclic) bond motifs is 1. The number of halogens is 1. The molecule has 0 amide bonds. The van der Waals surface area contributed by atoms with Crippen molar-refractivity contribution in [3.05, 3.63) is 42.2 Å². The Morgan fingerprint density at radius 3 is 2.76 bits per heavy atom. The molecule has 0 atom stereocenters. The molecule has 0 fully saturated rings. The fraction of sp³-hybridized carbons (Fsp3) is 0.214. The van der Waals surface area contributed by atoms with Crippen LogP contribution in [0, 0.1) is 0 Å². The number of hydrogen-bond donors (Lipinski definition) is 1. The summed E-state index contributed by atoms with van der Waals surface area (Å²) in [5.41, 5.74) is 7.61. The Balaban J connectivity index is 1.94. The van der Waals surface area contributed by atoms with Gasteiger partial charge in [-0.05, 0) is 5.56 Å². The van der Waals surface area contributed by atoms with Crippen LogP contribution in [-0.4, -0.2) is 26.2 Å². The molecule has 0 saturated heterocycles. The number of nitrogens with zero attached hydrogens (tertiary/aromatic N) is 4. The number of hydrogen-bond acceptors (Lipinski definition) is 5. The van der Waals surface area contributed by atoms with E-state index in [1.807, 2.05) is 30.3 Å². The molecule has 21 heavy (non-hydrogen) atoms. The number of alkyl halides is 1. The van der Waals surface area contributed by atoms with Crippen LogP contribution in [0.1, 0.15) is 5.56 Å². The van der Waals surface area contributed by atoms with Gasteiger partial charge in [-0.25, -0.2) is 9.37 Å². The van der Waals surface area contributed by atoms with E-state index in [-0.39, 0.29) is 12.5 Å². The average molecular weight is 287 g/mol. The largest absolute Gasteiger partial charge is 0.471 e. The van der Waals surface area contributed by atoms with Gasteiger partial charge in [0.2, 0.25) is 11.8 Å². The van der Waals surface area contributed by atoms with Crippen molar-refractivity contribution in [2.75, 3.05) is 12.4 Å². The van der Waals surface area contributed by atoms with Gasteiger partial charge in [-0.15, -0.1) is 0 Å². The zero-order chi connectivity index (χ0) is 14.7. The van der Waals surface area contributed by atoms with E-state index in [9.17, 15) is 4.39 Å². The zero-order valence-corrected chi connectivity index (χ0v) is 11.2. The van der Waals surface area contributed by atoms with Crippen molar-refractivity contribution in [3.63, 3.8) is 0 Å². The van der Waals surface area contributed by atoms with Gasteiger partial charge in [0.15, 0.2) is 11.2 Å². The third-order valence-corrected chi connectivity index (χ3v) is 3.00. The van der Waals surface area contributed by atoms with Crippen LogP contribution in [-0.2, 0) is 13.2 Å². The van der Waals surface area contributed by atoms with Crippen molar-refractivity contribution in [1.29, 1.82) is 0 Å². The number of benzene rings is 1. The topological polar surface area (TPSA) is 78.9 Å². The number of rotatable bonds is 5.